The molecule has 0 saturated carbocycles. The van der Waals surface area contributed by atoms with E-state index in [1.165, 1.54) is 0 Å². The van der Waals surface area contributed by atoms with E-state index in [1.807, 2.05) is 20.8 Å². The molecule has 0 spiro atoms. The van der Waals surface area contributed by atoms with Crippen LogP contribution in [0.25, 0.3) is 0 Å². The van der Waals surface area contributed by atoms with Gasteiger partial charge in [0.05, 0.1) is 0 Å². The predicted octanol–water partition coefficient (Wildman–Crippen LogP) is 3.55. The van der Waals surface area contributed by atoms with Crippen LogP contribution in [-0.4, -0.2) is 29.6 Å². The summed E-state index contributed by atoms with van der Waals surface area (Å²) >= 11 is 0. The summed E-state index contributed by atoms with van der Waals surface area (Å²) in [5.74, 6) is -0.622. The number of alkyl halides is 3. The minimum absolute atomic E-state index is 0.102. The van der Waals surface area contributed by atoms with Gasteiger partial charge in [0.1, 0.15) is 11.6 Å². The molecule has 0 fully saturated rings. The second-order valence-corrected chi connectivity index (χ2v) is 4.73. The van der Waals surface area contributed by atoms with Crippen molar-refractivity contribution in [3.05, 3.63) is 11.9 Å². The van der Waals surface area contributed by atoms with E-state index in [2.05, 4.69) is 15.3 Å². The first-order valence-corrected chi connectivity index (χ1v) is 6.72. The van der Waals surface area contributed by atoms with Crippen LogP contribution in [0.5, 0.6) is 0 Å². The predicted molar refractivity (Wildman–Crippen MR) is 74.0 cm³/mol. The quantitative estimate of drug-likeness (QED) is 0.870. The maximum Gasteiger partial charge on any atom is 0.451 e. The molecule has 1 aromatic rings. The lowest BCUT2D eigenvalue weighted by atomic mass is 10.2. The van der Waals surface area contributed by atoms with Crippen LogP contribution < -0.4 is 10.2 Å². The second-order valence-electron chi connectivity index (χ2n) is 4.73. The molecular weight excluding hydrogens is 269 g/mol. The van der Waals surface area contributed by atoms with Gasteiger partial charge in [0, 0.05) is 25.7 Å². The van der Waals surface area contributed by atoms with E-state index in [4.69, 9.17) is 0 Å². The average molecular weight is 290 g/mol. The van der Waals surface area contributed by atoms with Crippen LogP contribution in [0.15, 0.2) is 6.07 Å². The smallest absolute Gasteiger partial charge is 0.370 e. The Morgan fingerprint density at radius 1 is 1.30 bits per heavy atom. The highest BCUT2D eigenvalue weighted by atomic mass is 19.4. The van der Waals surface area contributed by atoms with Crippen LogP contribution >= 0.6 is 0 Å². The number of nitrogens with one attached hydrogen (secondary N) is 1. The molecule has 0 aliphatic rings. The van der Waals surface area contributed by atoms with Crippen LogP contribution in [0.2, 0.25) is 0 Å². The van der Waals surface area contributed by atoms with Gasteiger partial charge in [-0.1, -0.05) is 13.8 Å². The minimum Gasteiger partial charge on any atom is -0.370 e. The van der Waals surface area contributed by atoms with Crippen molar-refractivity contribution in [3.63, 3.8) is 0 Å². The number of hydrogen-bond acceptors (Lipinski definition) is 4. The standard InChI is InChI=1S/C13H21F3N4/c1-5-7-17-10-8-11(20(4)9(3)6-2)19-12(18-10)13(14,15)16/h8-9H,5-7H2,1-4H3,(H,17,18,19). The third-order valence-corrected chi connectivity index (χ3v) is 3.14. The molecule has 1 N–H and O–H groups in total. The second kappa shape index (κ2) is 6.76. The van der Waals surface area contributed by atoms with Crippen molar-refractivity contribution in [1.29, 1.82) is 0 Å². The SMILES string of the molecule is CCCNc1cc(N(C)C(C)CC)nc(C(F)(F)F)n1. The van der Waals surface area contributed by atoms with E-state index in [9.17, 15) is 13.2 Å². The number of rotatable bonds is 6. The van der Waals surface area contributed by atoms with E-state index >= 15 is 0 Å². The molecule has 1 rings (SSSR count). The molecule has 0 bridgehead atoms. The van der Waals surface area contributed by atoms with Crippen molar-refractivity contribution in [3.8, 4) is 0 Å². The van der Waals surface area contributed by atoms with Gasteiger partial charge in [-0.15, -0.1) is 0 Å². The fourth-order valence-corrected chi connectivity index (χ4v) is 1.59. The summed E-state index contributed by atoms with van der Waals surface area (Å²) in [6, 6.07) is 1.65. The average Bonchev–Trinajstić information content (AvgIpc) is 2.42. The van der Waals surface area contributed by atoms with E-state index in [0.29, 0.717) is 6.54 Å². The maximum atomic E-state index is 12.8. The highest BCUT2D eigenvalue weighted by molar-refractivity contribution is 5.49. The Balaban J connectivity index is 3.15. The Hall–Kier alpha value is -1.53. The lowest BCUT2D eigenvalue weighted by Gasteiger charge is -2.25. The Morgan fingerprint density at radius 3 is 2.45 bits per heavy atom. The molecule has 4 nitrogen and oxygen atoms in total. The van der Waals surface area contributed by atoms with Gasteiger partial charge in [-0.3, -0.25) is 0 Å². The van der Waals surface area contributed by atoms with E-state index in [-0.39, 0.29) is 17.7 Å². The lowest BCUT2D eigenvalue weighted by Crippen LogP contribution is -2.30. The summed E-state index contributed by atoms with van der Waals surface area (Å²) in [5, 5.41) is 2.88. The van der Waals surface area contributed by atoms with Gasteiger partial charge in [-0.2, -0.15) is 13.2 Å². The Labute approximate surface area is 117 Å². The van der Waals surface area contributed by atoms with Crippen LogP contribution in [0.3, 0.4) is 0 Å². The first-order valence-electron chi connectivity index (χ1n) is 6.72. The van der Waals surface area contributed by atoms with Crippen LogP contribution in [0, 0.1) is 0 Å². The van der Waals surface area contributed by atoms with Gasteiger partial charge in [-0.05, 0) is 19.8 Å². The van der Waals surface area contributed by atoms with Crippen molar-refractivity contribution in [2.45, 2.75) is 45.8 Å². The fourth-order valence-electron chi connectivity index (χ4n) is 1.59. The van der Waals surface area contributed by atoms with Crippen LogP contribution in [0.1, 0.15) is 39.4 Å². The van der Waals surface area contributed by atoms with Gasteiger partial charge in [0.15, 0.2) is 0 Å². The number of anilines is 2. The molecule has 1 aromatic heterocycles. The zero-order valence-corrected chi connectivity index (χ0v) is 12.3. The monoisotopic (exact) mass is 290 g/mol. The molecule has 114 valence electrons. The highest BCUT2D eigenvalue weighted by Gasteiger charge is 2.35. The summed E-state index contributed by atoms with van der Waals surface area (Å²) < 4.78 is 38.5. The molecule has 0 saturated heterocycles. The zero-order chi connectivity index (χ0) is 15.3. The molecule has 1 atom stereocenters. The topological polar surface area (TPSA) is 41.0 Å². The third-order valence-electron chi connectivity index (χ3n) is 3.14. The van der Waals surface area contributed by atoms with E-state index in [1.54, 1.807) is 18.0 Å². The number of hydrogen-bond donors (Lipinski definition) is 1. The Kier molecular flexibility index (Phi) is 5.59. The first-order chi connectivity index (χ1) is 9.29. The minimum atomic E-state index is -4.55. The van der Waals surface area contributed by atoms with E-state index in [0.717, 1.165) is 12.8 Å². The molecular formula is C13H21F3N4. The summed E-state index contributed by atoms with van der Waals surface area (Å²) in [7, 11) is 1.74. The van der Waals surface area contributed by atoms with Crippen LogP contribution in [-0.2, 0) is 6.18 Å². The van der Waals surface area contributed by atoms with Crippen LogP contribution in [0.4, 0.5) is 24.8 Å². The molecule has 0 amide bonds. The first kappa shape index (κ1) is 16.5. The molecule has 7 heteroatoms. The van der Waals surface area contributed by atoms with Gasteiger partial charge in [0.25, 0.3) is 0 Å². The molecule has 1 unspecified atom stereocenters. The molecule has 0 aliphatic carbocycles. The van der Waals surface area contributed by atoms with Crippen molar-refractivity contribution < 1.29 is 13.2 Å². The number of halogens is 3. The maximum absolute atomic E-state index is 12.8. The zero-order valence-electron chi connectivity index (χ0n) is 12.3. The van der Waals surface area contributed by atoms with E-state index < -0.39 is 12.0 Å². The van der Waals surface area contributed by atoms with Gasteiger partial charge in [-0.25, -0.2) is 9.97 Å². The summed E-state index contributed by atoms with van der Waals surface area (Å²) in [5.41, 5.74) is 0. The number of aromatic nitrogens is 2. The highest BCUT2D eigenvalue weighted by Crippen LogP contribution is 2.29. The van der Waals surface area contributed by atoms with Gasteiger partial charge in [0.2, 0.25) is 5.82 Å². The lowest BCUT2D eigenvalue weighted by molar-refractivity contribution is -0.144. The third kappa shape index (κ3) is 4.25. The largest absolute Gasteiger partial charge is 0.451 e. The van der Waals surface area contributed by atoms with Crippen molar-refractivity contribution in [1.82, 2.24) is 9.97 Å². The van der Waals surface area contributed by atoms with Gasteiger partial charge >= 0.3 is 6.18 Å². The van der Waals surface area contributed by atoms with Crippen molar-refractivity contribution in [2.75, 3.05) is 23.8 Å². The Bertz CT molecular complexity index is 434. The molecule has 0 radical (unpaired) electrons. The molecule has 1 heterocycles. The number of nitrogens with zero attached hydrogens (tertiary/aromatic N) is 3. The van der Waals surface area contributed by atoms with Crippen molar-refractivity contribution >= 4 is 11.6 Å². The normalized spacial score (nSPS) is 13.2. The van der Waals surface area contributed by atoms with Crippen molar-refractivity contribution in [2.24, 2.45) is 0 Å². The summed E-state index contributed by atoms with van der Waals surface area (Å²) in [4.78, 5) is 8.90. The fraction of sp³-hybridized carbons (Fsp3) is 0.692. The van der Waals surface area contributed by atoms with Gasteiger partial charge < -0.3 is 10.2 Å². The summed E-state index contributed by atoms with van der Waals surface area (Å²) in [6.07, 6.45) is -2.92. The molecule has 0 aliphatic heterocycles. The summed E-state index contributed by atoms with van der Waals surface area (Å²) in [6.45, 7) is 6.42. The molecule has 0 aromatic carbocycles. The molecule has 20 heavy (non-hydrogen) atoms. The Morgan fingerprint density at radius 2 is 1.95 bits per heavy atom.